The Labute approximate surface area is 313 Å². The molecule has 53 heavy (non-hydrogen) atoms. The Morgan fingerprint density at radius 3 is 2.21 bits per heavy atom. The second kappa shape index (κ2) is 13.3. The van der Waals surface area contributed by atoms with Crippen LogP contribution < -0.4 is 0 Å². The summed E-state index contributed by atoms with van der Waals surface area (Å²) in [6, 6.07) is 0. The van der Waals surface area contributed by atoms with Gasteiger partial charge in [0.25, 0.3) is 0 Å². The third kappa shape index (κ3) is 5.77. The minimum atomic E-state index is -1.64. The fourth-order valence-corrected chi connectivity index (χ4v) is 13.2. The summed E-state index contributed by atoms with van der Waals surface area (Å²) in [6.07, 6.45) is -1.45. The highest BCUT2D eigenvalue weighted by Gasteiger charge is 2.70. The van der Waals surface area contributed by atoms with Gasteiger partial charge in [-0.3, -0.25) is 4.79 Å². The van der Waals surface area contributed by atoms with E-state index in [1.54, 1.807) is 0 Å². The normalized spacial score (nSPS) is 55.0. The molecule has 6 N–H and O–H groups in total. The highest BCUT2D eigenvalue weighted by molar-refractivity contribution is 5.76. The number of carboxylic acids is 1. The summed E-state index contributed by atoms with van der Waals surface area (Å²) in [5.41, 5.74) is -0.651. The van der Waals surface area contributed by atoms with E-state index in [9.17, 15) is 40.2 Å². The van der Waals surface area contributed by atoms with Gasteiger partial charge in [0, 0.05) is 0 Å². The lowest BCUT2D eigenvalue weighted by Crippen LogP contribution is -2.66. The highest BCUT2D eigenvalue weighted by Crippen LogP contribution is 2.75. The van der Waals surface area contributed by atoms with Crippen molar-refractivity contribution in [2.45, 2.75) is 174 Å². The van der Waals surface area contributed by atoms with Gasteiger partial charge in [-0.15, -0.1) is 0 Å². The molecule has 2 heterocycles. The summed E-state index contributed by atoms with van der Waals surface area (Å²) in [6.45, 7) is 15.0. The van der Waals surface area contributed by atoms with Crippen LogP contribution in [0.2, 0.25) is 0 Å². The Kier molecular flexibility index (Phi) is 9.97. The zero-order valence-electron chi connectivity index (χ0n) is 32.6. The number of carbonyl (C=O) groups is 2. The molecule has 0 spiro atoms. The van der Waals surface area contributed by atoms with Gasteiger partial charge in [0.1, 0.15) is 42.9 Å². The van der Waals surface area contributed by atoms with Crippen molar-refractivity contribution < 1.29 is 59.2 Å². The molecule has 6 fully saturated rings. The van der Waals surface area contributed by atoms with Crippen LogP contribution >= 0.6 is 0 Å². The largest absolute Gasteiger partial charge is 0.481 e. The van der Waals surface area contributed by atoms with E-state index in [-0.39, 0.29) is 46.0 Å². The van der Waals surface area contributed by atoms with Crippen molar-refractivity contribution in [3.63, 3.8) is 0 Å². The van der Waals surface area contributed by atoms with Gasteiger partial charge in [-0.05, 0) is 111 Å². The lowest BCUT2D eigenvalue weighted by molar-refractivity contribution is -0.363. The fourth-order valence-electron chi connectivity index (χ4n) is 13.2. The average Bonchev–Trinajstić information content (AvgIpc) is 3.10. The zero-order chi connectivity index (χ0) is 38.7. The summed E-state index contributed by atoms with van der Waals surface area (Å²) >= 11 is 0. The maximum absolute atomic E-state index is 13.4. The van der Waals surface area contributed by atoms with Gasteiger partial charge in [0.2, 0.25) is 0 Å². The maximum atomic E-state index is 13.4. The molecular formula is C41H64O12. The molecule has 12 nitrogen and oxygen atoms in total. The van der Waals surface area contributed by atoms with Gasteiger partial charge in [-0.2, -0.15) is 0 Å². The van der Waals surface area contributed by atoms with Crippen molar-refractivity contribution in [2.24, 2.45) is 50.2 Å². The number of fused-ring (bicyclic) bond motifs is 7. The minimum absolute atomic E-state index is 0.0198. The average molecular weight is 749 g/mol. The summed E-state index contributed by atoms with van der Waals surface area (Å²) in [4.78, 5) is 26.5. The molecule has 0 radical (unpaired) electrons. The molecule has 0 aromatic heterocycles. The number of aliphatic carboxylic acids is 1. The number of aldehydes is 1. The molecule has 7 aliphatic rings. The number of aliphatic hydroxyl groups is 5. The van der Waals surface area contributed by atoms with E-state index in [1.165, 1.54) is 12.5 Å². The third-order valence-electron chi connectivity index (χ3n) is 16.8. The van der Waals surface area contributed by atoms with Crippen molar-refractivity contribution in [1.29, 1.82) is 0 Å². The number of rotatable bonds is 6. The first-order chi connectivity index (χ1) is 24.7. The predicted octanol–water partition coefficient (Wildman–Crippen LogP) is 3.73. The number of carboxylic acid groups (broad SMARTS) is 1. The van der Waals surface area contributed by atoms with Crippen molar-refractivity contribution in [3.8, 4) is 0 Å². The molecule has 0 aromatic rings. The van der Waals surface area contributed by atoms with Crippen LogP contribution in [0.3, 0.4) is 0 Å². The van der Waals surface area contributed by atoms with Gasteiger partial charge < -0.3 is 54.4 Å². The van der Waals surface area contributed by atoms with Crippen molar-refractivity contribution >= 4 is 12.3 Å². The molecule has 0 amide bonds. The smallest absolute Gasteiger partial charge is 0.310 e. The highest BCUT2D eigenvalue weighted by atomic mass is 16.8. The maximum Gasteiger partial charge on any atom is 0.310 e. The Balaban J connectivity index is 1.15. The zero-order valence-corrected chi connectivity index (χ0v) is 32.6. The van der Waals surface area contributed by atoms with E-state index in [0.717, 1.165) is 57.7 Å². The SMILES string of the molecule is CC1OC(OC2C(OC3CCC4(C)C(CCC5(C)C4CC=C4C6CC(C)(C)CCC6(C(=O)O)CCC45C)C3(C)C=O)OCC(O)C2O)C(O)C(O)C1O. The standard InChI is InChI=1S/C41H64O12/c1-21-28(44)30(46)31(47)33(51-21)53-32-29(45)24(43)19-50-34(32)52-27-11-12-37(4)25(38(27,5)20-42)10-13-40(7)26(37)9-8-22-23-18-36(2,3)14-16-41(23,35(48)49)17-15-39(22,40)6/h8,20-21,23-34,43-47H,9-19H2,1-7H3,(H,48,49). The van der Waals surface area contributed by atoms with Gasteiger partial charge in [-0.25, -0.2) is 0 Å². The molecule has 12 heteroatoms. The predicted molar refractivity (Wildman–Crippen MR) is 191 cm³/mol. The fraction of sp³-hybridized carbons (Fsp3) is 0.902. The first-order valence-electron chi connectivity index (χ1n) is 20.1. The molecule has 0 aromatic carbocycles. The molecule has 18 unspecified atom stereocenters. The van der Waals surface area contributed by atoms with Crippen molar-refractivity contribution in [3.05, 3.63) is 11.6 Å². The third-order valence-corrected chi connectivity index (χ3v) is 16.8. The van der Waals surface area contributed by atoms with Gasteiger partial charge in [0.05, 0.1) is 29.6 Å². The number of ether oxygens (including phenoxy) is 4. The molecule has 5 aliphatic carbocycles. The summed E-state index contributed by atoms with van der Waals surface area (Å²) < 4.78 is 24.2. The van der Waals surface area contributed by atoms with Crippen LogP contribution in [0.25, 0.3) is 0 Å². The van der Waals surface area contributed by atoms with Crippen LogP contribution in [0.4, 0.5) is 0 Å². The van der Waals surface area contributed by atoms with Crippen LogP contribution in [-0.4, -0.2) is 111 Å². The molecule has 0 bridgehead atoms. The lowest BCUT2D eigenvalue weighted by Gasteiger charge is -2.71. The molecular weight excluding hydrogens is 684 g/mol. The van der Waals surface area contributed by atoms with E-state index < -0.39 is 78.2 Å². The molecule has 300 valence electrons. The first-order valence-corrected chi connectivity index (χ1v) is 20.1. The summed E-state index contributed by atoms with van der Waals surface area (Å²) in [7, 11) is 0. The van der Waals surface area contributed by atoms with Gasteiger partial charge in [0.15, 0.2) is 12.6 Å². The number of aliphatic hydroxyl groups excluding tert-OH is 5. The first kappa shape index (κ1) is 39.7. The monoisotopic (exact) mass is 748 g/mol. The number of hydrogen-bond acceptors (Lipinski definition) is 11. The van der Waals surface area contributed by atoms with E-state index >= 15 is 0 Å². The van der Waals surface area contributed by atoms with Gasteiger partial charge in [-0.1, -0.05) is 53.2 Å². The Bertz CT molecular complexity index is 1470. The second-order valence-electron chi connectivity index (χ2n) is 19.9. The van der Waals surface area contributed by atoms with Crippen LogP contribution in [0, 0.1) is 50.2 Å². The molecule has 2 aliphatic heterocycles. The minimum Gasteiger partial charge on any atom is -0.481 e. The molecule has 4 saturated carbocycles. The number of allylic oxidation sites excluding steroid dienone is 2. The van der Waals surface area contributed by atoms with Crippen molar-refractivity contribution in [2.75, 3.05) is 6.61 Å². The van der Waals surface area contributed by atoms with Crippen LogP contribution in [0.1, 0.15) is 113 Å². The summed E-state index contributed by atoms with van der Waals surface area (Å²) in [5.74, 6) is -0.387. The molecule has 2 saturated heterocycles. The van der Waals surface area contributed by atoms with E-state index in [1.807, 2.05) is 6.92 Å². The number of carbonyl (C=O) groups excluding carboxylic acids is 1. The number of hydrogen-bond donors (Lipinski definition) is 6. The van der Waals surface area contributed by atoms with Crippen LogP contribution in [-0.2, 0) is 28.5 Å². The molecule has 7 rings (SSSR count). The topological polar surface area (TPSA) is 192 Å². The van der Waals surface area contributed by atoms with Crippen LogP contribution in [0.15, 0.2) is 11.6 Å². The van der Waals surface area contributed by atoms with E-state index in [0.29, 0.717) is 12.8 Å². The van der Waals surface area contributed by atoms with Gasteiger partial charge >= 0.3 is 5.97 Å². The lowest BCUT2D eigenvalue weighted by atomic mass is 9.33. The Hall–Kier alpha value is -1.48. The Morgan fingerprint density at radius 1 is 0.830 bits per heavy atom. The van der Waals surface area contributed by atoms with Crippen molar-refractivity contribution in [1.82, 2.24) is 0 Å². The van der Waals surface area contributed by atoms with E-state index in [2.05, 4.69) is 40.7 Å². The molecule has 18 atom stereocenters. The second-order valence-corrected chi connectivity index (χ2v) is 19.9. The summed E-state index contributed by atoms with van der Waals surface area (Å²) in [5, 5.41) is 63.5. The Morgan fingerprint density at radius 2 is 1.53 bits per heavy atom. The van der Waals surface area contributed by atoms with Crippen LogP contribution in [0.5, 0.6) is 0 Å². The quantitative estimate of drug-likeness (QED) is 0.131. The van der Waals surface area contributed by atoms with E-state index in [4.69, 9.17) is 18.9 Å².